The molecule has 2 aliphatic heterocycles. The third-order valence-electron chi connectivity index (χ3n) is 7.29. The highest BCUT2D eigenvalue weighted by Gasteiger charge is 2.36. The van der Waals surface area contributed by atoms with Crippen LogP contribution in [-0.2, 0) is 14.8 Å². The van der Waals surface area contributed by atoms with Crippen LogP contribution in [0.15, 0.2) is 47.4 Å². The number of benzene rings is 2. The third-order valence-corrected chi connectivity index (χ3v) is 9.21. The molecule has 2 aromatic carbocycles. The van der Waals surface area contributed by atoms with Crippen LogP contribution in [0.3, 0.4) is 0 Å². The van der Waals surface area contributed by atoms with Gasteiger partial charge in [0.05, 0.1) is 19.9 Å². The van der Waals surface area contributed by atoms with Crippen LogP contribution in [0.1, 0.15) is 38.2 Å². The molecule has 1 amide bonds. The van der Waals surface area contributed by atoms with Crippen molar-refractivity contribution < 1.29 is 22.7 Å². The van der Waals surface area contributed by atoms with Crippen LogP contribution in [0.25, 0.3) is 0 Å². The Labute approximate surface area is 214 Å². The molecular formula is C27H37N3O5S. The molecule has 0 spiro atoms. The van der Waals surface area contributed by atoms with E-state index in [1.165, 1.54) is 11.4 Å². The minimum absolute atomic E-state index is 0.131. The van der Waals surface area contributed by atoms with Crippen LogP contribution in [0, 0.1) is 5.92 Å². The number of nitrogens with zero attached hydrogens (tertiary/aromatic N) is 3. The van der Waals surface area contributed by atoms with Gasteiger partial charge in [-0.3, -0.25) is 4.79 Å². The van der Waals surface area contributed by atoms with Crippen molar-refractivity contribution in [2.24, 2.45) is 5.92 Å². The smallest absolute Gasteiger partial charge is 0.246 e. The summed E-state index contributed by atoms with van der Waals surface area (Å²) in [5.41, 5.74) is 1.99. The van der Waals surface area contributed by atoms with Crippen molar-refractivity contribution in [3.63, 3.8) is 0 Å². The molecule has 2 heterocycles. The Hall–Kier alpha value is -2.78. The molecule has 0 bridgehead atoms. The lowest BCUT2D eigenvalue weighted by Crippen LogP contribution is -2.52. The predicted octanol–water partition coefficient (Wildman–Crippen LogP) is 3.58. The Balaban J connectivity index is 1.37. The fraction of sp³-hybridized carbons (Fsp3) is 0.519. The first-order valence-corrected chi connectivity index (χ1v) is 14.0. The van der Waals surface area contributed by atoms with Crippen LogP contribution in [0.5, 0.6) is 11.5 Å². The van der Waals surface area contributed by atoms with Gasteiger partial charge < -0.3 is 19.3 Å². The Morgan fingerprint density at radius 2 is 1.53 bits per heavy atom. The lowest BCUT2D eigenvalue weighted by atomic mass is 9.96. The van der Waals surface area contributed by atoms with E-state index < -0.39 is 10.0 Å². The van der Waals surface area contributed by atoms with Crippen LogP contribution in [0.2, 0.25) is 0 Å². The summed E-state index contributed by atoms with van der Waals surface area (Å²) in [5, 5.41) is 0. The van der Waals surface area contributed by atoms with E-state index in [0.717, 1.165) is 30.1 Å². The normalized spacial score (nSPS) is 17.9. The van der Waals surface area contributed by atoms with Crippen molar-refractivity contribution in [1.82, 2.24) is 9.21 Å². The lowest BCUT2D eigenvalue weighted by molar-refractivity contribution is -0.137. The molecule has 9 heteroatoms. The Bertz CT molecular complexity index is 1170. The molecule has 0 atom stereocenters. The van der Waals surface area contributed by atoms with E-state index in [9.17, 15) is 13.2 Å². The predicted molar refractivity (Wildman–Crippen MR) is 140 cm³/mol. The van der Waals surface area contributed by atoms with E-state index in [0.29, 0.717) is 44.8 Å². The van der Waals surface area contributed by atoms with Crippen molar-refractivity contribution in [2.45, 2.75) is 37.5 Å². The molecule has 0 unspecified atom stereocenters. The van der Waals surface area contributed by atoms with Crippen molar-refractivity contribution in [1.29, 1.82) is 0 Å². The Kier molecular flexibility index (Phi) is 8.10. The molecule has 0 saturated carbocycles. The van der Waals surface area contributed by atoms with Gasteiger partial charge in [0, 0.05) is 45.2 Å². The number of sulfonamides is 1. The molecule has 0 aliphatic carbocycles. The van der Waals surface area contributed by atoms with E-state index in [2.05, 4.69) is 4.90 Å². The molecule has 2 fully saturated rings. The highest BCUT2D eigenvalue weighted by Crippen LogP contribution is 2.33. The number of amides is 1. The molecule has 2 saturated heterocycles. The summed E-state index contributed by atoms with van der Waals surface area (Å²) in [5.74, 6) is 1.37. The van der Waals surface area contributed by atoms with Gasteiger partial charge in [0.25, 0.3) is 0 Å². The SMILES string of the molecule is COc1ccccc1N1CCN(C(=O)C2CCN(S(=O)(=O)c3cc(C(C)C)ccc3OC)CC2)CC1. The average Bonchev–Trinajstić information content (AvgIpc) is 2.92. The Morgan fingerprint density at radius 3 is 2.14 bits per heavy atom. The summed E-state index contributed by atoms with van der Waals surface area (Å²) >= 11 is 0. The molecular weight excluding hydrogens is 478 g/mol. The van der Waals surface area contributed by atoms with Gasteiger partial charge >= 0.3 is 0 Å². The first-order chi connectivity index (χ1) is 17.3. The quantitative estimate of drug-likeness (QED) is 0.561. The maximum Gasteiger partial charge on any atom is 0.246 e. The summed E-state index contributed by atoms with van der Waals surface area (Å²) in [6.45, 7) is 7.50. The summed E-state index contributed by atoms with van der Waals surface area (Å²) < 4.78 is 39.3. The molecule has 8 nitrogen and oxygen atoms in total. The first kappa shape index (κ1) is 26.3. The molecule has 4 rings (SSSR count). The van der Waals surface area contributed by atoms with E-state index in [4.69, 9.17) is 9.47 Å². The first-order valence-electron chi connectivity index (χ1n) is 12.6. The summed E-state index contributed by atoms with van der Waals surface area (Å²) in [6, 6.07) is 13.3. The van der Waals surface area contributed by atoms with Crippen molar-refractivity contribution in [2.75, 3.05) is 58.4 Å². The van der Waals surface area contributed by atoms with Crippen LogP contribution in [0.4, 0.5) is 5.69 Å². The van der Waals surface area contributed by atoms with Gasteiger partial charge in [0.1, 0.15) is 16.4 Å². The third kappa shape index (κ3) is 5.32. The summed E-state index contributed by atoms with van der Waals surface area (Å²) in [6.07, 6.45) is 1.05. The van der Waals surface area contributed by atoms with Gasteiger partial charge in [-0.25, -0.2) is 8.42 Å². The number of carbonyl (C=O) groups excluding carboxylic acids is 1. The molecule has 2 aromatic rings. The molecule has 0 aromatic heterocycles. The van der Waals surface area contributed by atoms with Crippen LogP contribution in [-0.4, -0.2) is 77.0 Å². The fourth-order valence-corrected chi connectivity index (χ4v) is 6.71. The molecule has 2 aliphatic rings. The topological polar surface area (TPSA) is 79.4 Å². The highest BCUT2D eigenvalue weighted by atomic mass is 32.2. The Morgan fingerprint density at radius 1 is 0.889 bits per heavy atom. The van der Waals surface area contributed by atoms with Gasteiger partial charge in [-0.2, -0.15) is 4.31 Å². The van der Waals surface area contributed by atoms with Gasteiger partial charge in [-0.15, -0.1) is 0 Å². The van der Waals surface area contributed by atoms with Crippen molar-refractivity contribution in [3.05, 3.63) is 48.0 Å². The van der Waals surface area contributed by atoms with Gasteiger partial charge in [-0.1, -0.05) is 32.0 Å². The number of carbonyl (C=O) groups is 1. The zero-order chi connectivity index (χ0) is 25.9. The fourth-order valence-electron chi connectivity index (χ4n) is 5.05. The molecule has 0 radical (unpaired) electrons. The highest BCUT2D eigenvalue weighted by molar-refractivity contribution is 7.89. The minimum Gasteiger partial charge on any atom is -0.495 e. The largest absolute Gasteiger partial charge is 0.495 e. The monoisotopic (exact) mass is 515 g/mol. The zero-order valence-electron chi connectivity index (χ0n) is 21.6. The van der Waals surface area contributed by atoms with E-state index in [1.54, 1.807) is 19.2 Å². The van der Waals surface area contributed by atoms with Crippen LogP contribution < -0.4 is 14.4 Å². The number of methoxy groups -OCH3 is 2. The van der Waals surface area contributed by atoms with E-state index in [-0.39, 0.29) is 22.6 Å². The number of hydrogen-bond acceptors (Lipinski definition) is 6. The van der Waals surface area contributed by atoms with Crippen molar-refractivity contribution in [3.8, 4) is 11.5 Å². The number of para-hydroxylation sites is 2. The number of ether oxygens (including phenoxy) is 2. The standard InChI is InChI=1S/C27H37N3O5S/c1-20(2)22-9-10-25(35-4)26(19-22)36(32,33)30-13-11-21(12-14-30)27(31)29-17-15-28(16-18-29)23-7-5-6-8-24(23)34-3/h5-10,19-21H,11-18H2,1-4H3. The average molecular weight is 516 g/mol. The second kappa shape index (κ2) is 11.1. The number of anilines is 1. The minimum atomic E-state index is -3.71. The van der Waals surface area contributed by atoms with Crippen molar-refractivity contribution >= 4 is 21.6 Å². The number of piperazine rings is 1. The van der Waals surface area contributed by atoms with Gasteiger partial charge in [0.2, 0.25) is 15.9 Å². The zero-order valence-corrected chi connectivity index (χ0v) is 22.5. The van der Waals surface area contributed by atoms with Gasteiger partial charge in [-0.05, 0) is 48.6 Å². The van der Waals surface area contributed by atoms with Crippen LogP contribution >= 0.6 is 0 Å². The lowest BCUT2D eigenvalue weighted by Gasteiger charge is -2.39. The second-order valence-corrected chi connectivity index (χ2v) is 11.6. The summed E-state index contributed by atoms with van der Waals surface area (Å²) in [4.78, 5) is 17.6. The second-order valence-electron chi connectivity index (χ2n) is 9.73. The number of piperidine rings is 1. The van der Waals surface area contributed by atoms with E-state index in [1.807, 2.05) is 49.1 Å². The van der Waals surface area contributed by atoms with E-state index >= 15 is 0 Å². The number of rotatable bonds is 7. The van der Waals surface area contributed by atoms with Gasteiger partial charge in [0.15, 0.2) is 0 Å². The molecule has 196 valence electrons. The number of hydrogen-bond donors (Lipinski definition) is 0. The molecule has 36 heavy (non-hydrogen) atoms. The maximum atomic E-state index is 13.5. The summed E-state index contributed by atoms with van der Waals surface area (Å²) in [7, 11) is -0.558. The molecule has 0 N–H and O–H groups in total. The maximum absolute atomic E-state index is 13.5.